The summed E-state index contributed by atoms with van der Waals surface area (Å²) in [6, 6.07) is 9.72. The first-order chi connectivity index (χ1) is 9.28. The molecule has 0 saturated carbocycles. The molecule has 1 saturated heterocycles. The summed E-state index contributed by atoms with van der Waals surface area (Å²) in [4.78, 5) is 0. The topological polar surface area (TPSA) is 80.4 Å². The van der Waals surface area contributed by atoms with Crippen LogP contribution in [-0.2, 0) is 4.74 Å². The Morgan fingerprint density at radius 2 is 2.11 bits per heavy atom. The van der Waals surface area contributed by atoms with Crippen molar-refractivity contribution in [3.05, 3.63) is 36.5 Å². The molecule has 3 rings (SSSR count). The third-order valence-electron chi connectivity index (χ3n) is 3.26. The van der Waals surface area contributed by atoms with E-state index >= 15 is 0 Å². The van der Waals surface area contributed by atoms with Crippen LogP contribution in [0.1, 0.15) is 12.6 Å². The highest BCUT2D eigenvalue weighted by molar-refractivity contribution is 5.57. The minimum absolute atomic E-state index is 0.197. The lowest BCUT2D eigenvalue weighted by Gasteiger charge is -2.11. The molecule has 2 heterocycles. The lowest BCUT2D eigenvalue weighted by molar-refractivity contribution is -0.0489. The average Bonchev–Trinajstić information content (AvgIpc) is 3.06. The Kier molecular flexibility index (Phi) is 3.29. The van der Waals surface area contributed by atoms with Gasteiger partial charge in [0.15, 0.2) is 6.23 Å². The van der Waals surface area contributed by atoms with Crippen LogP contribution in [0, 0.1) is 0 Å². The summed E-state index contributed by atoms with van der Waals surface area (Å²) in [6.45, 7) is -0.197. The van der Waals surface area contributed by atoms with Crippen LogP contribution in [0.3, 0.4) is 0 Å². The first-order valence-corrected chi connectivity index (χ1v) is 6.19. The molecule has 0 unspecified atom stereocenters. The second kappa shape index (κ2) is 5.08. The molecule has 19 heavy (non-hydrogen) atoms. The van der Waals surface area contributed by atoms with E-state index in [2.05, 4.69) is 10.3 Å². The largest absolute Gasteiger partial charge is 0.394 e. The smallest absolute Gasteiger partial charge is 0.155 e. The monoisotopic (exact) mass is 261 g/mol. The summed E-state index contributed by atoms with van der Waals surface area (Å²) >= 11 is 0. The van der Waals surface area contributed by atoms with Gasteiger partial charge in [0.2, 0.25) is 0 Å². The van der Waals surface area contributed by atoms with Crippen molar-refractivity contribution in [1.82, 2.24) is 15.0 Å². The molecule has 6 nitrogen and oxygen atoms in total. The van der Waals surface area contributed by atoms with E-state index in [1.807, 2.05) is 30.3 Å². The van der Waals surface area contributed by atoms with E-state index in [1.165, 1.54) is 0 Å². The highest BCUT2D eigenvalue weighted by atomic mass is 16.5. The number of aliphatic hydroxyl groups excluding tert-OH is 2. The van der Waals surface area contributed by atoms with Crippen LogP contribution < -0.4 is 0 Å². The van der Waals surface area contributed by atoms with Gasteiger partial charge in [0.25, 0.3) is 0 Å². The molecule has 0 radical (unpaired) electrons. The highest BCUT2D eigenvalue weighted by Crippen LogP contribution is 2.28. The van der Waals surface area contributed by atoms with E-state index in [0.717, 1.165) is 11.3 Å². The van der Waals surface area contributed by atoms with Crippen molar-refractivity contribution in [2.75, 3.05) is 6.61 Å². The van der Waals surface area contributed by atoms with Gasteiger partial charge in [-0.1, -0.05) is 35.5 Å². The van der Waals surface area contributed by atoms with Crippen LogP contribution in [-0.4, -0.2) is 44.0 Å². The molecule has 3 atom stereocenters. The molecular weight excluding hydrogens is 246 g/mol. The molecule has 6 heteroatoms. The molecule has 0 spiro atoms. The van der Waals surface area contributed by atoms with Crippen molar-refractivity contribution in [2.45, 2.75) is 24.9 Å². The summed E-state index contributed by atoms with van der Waals surface area (Å²) in [5, 5.41) is 26.9. The van der Waals surface area contributed by atoms with Gasteiger partial charge in [0, 0.05) is 12.0 Å². The molecule has 100 valence electrons. The van der Waals surface area contributed by atoms with Gasteiger partial charge < -0.3 is 14.9 Å². The van der Waals surface area contributed by atoms with Crippen LogP contribution in [0.5, 0.6) is 0 Å². The number of aliphatic hydroxyl groups is 2. The predicted octanol–water partition coefficient (Wildman–Crippen LogP) is 0.586. The molecule has 0 bridgehead atoms. The van der Waals surface area contributed by atoms with Gasteiger partial charge in [-0.2, -0.15) is 0 Å². The van der Waals surface area contributed by atoms with E-state index in [4.69, 9.17) is 9.84 Å². The number of hydrogen-bond donors (Lipinski definition) is 2. The summed E-state index contributed by atoms with van der Waals surface area (Å²) in [6.07, 6.45) is 0.598. The third kappa shape index (κ3) is 2.37. The predicted molar refractivity (Wildman–Crippen MR) is 67.1 cm³/mol. The molecule has 1 aliphatic heterocycles. The number of nitrogens with zero attached hydrogens (tertiary/aromatic N) is 3. The van der Waals surface area contributed by atoms with Crippen LogP contribution in [0.4, 0.5) is 0 Å². The zero-order chi connectivity index (χ0) is 13.2. The maximum absolute atomic E-state index is 9.70. The van der Waals surface area contributed by atoms with Crippen molar-refractivity contribution < 1.29 is 14.9 Å². The fourth-order valence-electron chi connectivity index (χ4n) is 2.20. The van der Waals surface area contributed by atoms with E-state index < -0.39 is 12.2 Å². The van der Waals surface area contributed by atoms with Gasteiger partial charge in [-0.3, -0.25) is 0 Å². The highest BCUT2D eigenvalue weighted by Gasteiger charge is 2.35. The van der Waals surface area contributed by atoms with E-state index in [9.17, 15) is 5.11 Å². The van der Waals surface area contributed by atoms with E-state index in [0.29, 0.717) is 6.42 Å². The molecule has 1 aromatic heterocycles. The van der Waals surface area contributed by atoms with Crippen molar-refractivity contribution in [3.8, 4) is 11.3 Å². The summed E-state index contributed by atoms with van der Waals surface area (Å²) < 4.78 is 7.10. The Morgan fingerprint density at radius 3 is 2.79 bits per heavy atom. The molecule has 0 amide bonds. The lowest BCUT2D eigenvalue weighted by atomic mass is 10.2. The number of benzene rings is 1. The second-order valence-electron chi connectivity index (χ2n) is 4.56. The zero-order valence-electron chi connectivity index (χ0n) is 10.3. The Labute approximate surface area is 110 Å². The molecule has 1 aromatic carbocycles. The molecule has 1 aliphatic rings. The van der Waals surface area contributed by atoms with Crippen molar-refractivity contribution >= 4 is 0 Å². The first kappa shape index (κ1) is 12.3. The summed E-state index contributed by atoms with van der Waals surface area (Å²) in [7, 11) is 0. The van der Waals surface area contributed by atoms with Gasteiger partial charge in [-0.25, -0.2) is 4.68 Å². The normalized spacial score (nSPS) is 26.7. The van der Waals surface area contributed by atoms with Crippen LogP contribution >= 0.6 is 0 Å². The van der Waals surface area contributed by atoms with E-state index in [1.54, 1.807) is 10.9 Å². The second-order valence-corrected chi connectivity index (χ2v) is 4.56. The average molecular weight is 261 g/mol. The van der Waals surface area contributed by atoms with Crippen LogP contribution in [0.15, 0.2) is 36.5 Å². The minimum atomic E-state index is -0.667. The fraction of sp³-hybridized carbons (Fsp3) is 0.385. The van der Waals surface area contributed by atoms with E-state index in [-0.39, 0.29) is 12.8 Å². The Morgan fingerprint density at radius 1 is 1.32 bits per heavy atom. The maximum Gasteiger partial charge on any atom is 0.155 e. The number of ether oxygens (including phenoxy) is 1. The Hall–Kier alpha value is -1.76. The van der Waals surface area contributed by atoms with Crippen molar-refractivity contribution in [2.24, 2.45) is 0 Å². The Balaban J connectivity index is 1.79. The van der Waals surface area contributed by atoms with Gasteiger partial charge >= 0.3 is 0 Å². The van der Waals surface area contributed by atoms with Crippen LogP contribution in [0.25, 0.3) is 11.3 Å². The van der Waals surface area contributed by atoms with Gasteiger partial charge in [-0.15, -0.1) is 5.10 Å². The van der Waals surface area contributed by atoms with Crippen molar-refractivity contribution in [3.63, 3.8) is 0 Å². The first-order valence-electron chi connectivity index (χ1n) is 6.19. The molecular formula is C13H15N3O3. The van der Waals surface area contributed by atoms with Gasteiger partial charge in [0.05, 0.1) is 18.9 Å². The van der Waals surface area contributed by atoms with Gasteiger partial charge in [0.1, 0.15) is 11.8 Å². The lowest BCUT2D eigenvalue weighted by Crippen LogP contribution is -2.24. The quantitative estimate of drug-likeness (QED) is 0.845. The summed E-state index contributed by atoms with van der Waals surface area (Å²) in [5.41, 5.74) is 1.73. The zero-order valence-corrected chi connectivity index (χ0v) is 10.3. The fourth-order valence-corrected chi connectivity index (χ4v) is 2.20. The van der Waals surface area contributed by atoms with Crippen molar-refractivity contribution in [1.29, 1.82) is 0 Å². The van der Waals surface area contributed by atoms with Gasteiger partial charge in [-0.05, 0) is 0 Å². The molecule has 0 aliphatic carbocycles. The third-order valence-corrected chi connectivity index (χ3v) is 3.26. The standard InChI is InChI=1S/C13H15N3O3/c17-8-12-11(18)6-13(19-12)16-7-10(14-15-16)9-4-2-1-3-5-9/h1-5,7,11-13,17-18H,6,8H2/t11-,12+,13-/m0/s1. The Bertz CT molecular complexity index is 543. The molecule has 1 fully saturated rings. The summed E-state index contributed by atoms with van der Waals surface area (Å²) in [5.74, 6) is 0. The molecule has 2 aromatic rings. The SMILES string of the molecule is OC[C@H]1O[C@H](n2cc(-c3ccccc3)nn2)C[C@@H]1O. The van der Waals surface area contributed by atoms with Crippen LogP contribution in [0.2, 0.25) is 0 Å². The number of rotatable bonds is 3. The number of aromatic nitrogens is 3. The maximum atomic E-state index is 9.70. The molecule has 2 N–H and O–H groups in total. The number of hydrogen-bond acceptors (Lipinski definition) is 5. The minimum Gasteiger partial charge on any atom is -0.394 e.